The average Bonchev–Trinajstić information content (AvgIpc) is 2.37. The quantitative estimate of drug-likeness (QED) is 0.552. The van der Waals surface area contributed by atoms with Gasteiger partial charge in [-0.3, -0.25) is 14.9 Å². The van der Waals surface area contributed by atoms with Gasteiger partial charge in [0.2, 0.25) is 0 Å². The Morgan fingerprint density at radius 3 is 2.95 bits per heavy atom. The van der Waals surface area contributed by atoms with Crippen LogP contribution in [0.2, 0.25) is 0 Å². The van der Waals surface area contributed by atoms with Gasteiger partial charge < -0.3 is 16.0 Å². The summed E-state index contributed by atoms with van der Waals surface area (Å²) in [6, 6.07) is 2.74. The second-order valence-electron chi connectivity index (χ2n) is 4.57. The molecule has 0 aliphatic rings. The van der Waals surface area contributed by atoms with Crippen LogP contribution in [0.1, 0.15) is 13.3 Å². The molecule has 0 aliphatic heterocycles. The van der Waals surface area contributed by atoms with Gasteiger partial charge in [0.15, 0.2) is 0 Å². The maximum Gasteiger partial charge on any atom is 0.293 e. The van der Waals surface area contributed by atoms with Crippen LogP contribution in [0.15, 0.2) is 23.3 Å². The first kappa shape index (κ1) is 13.9. The zero-order valence-corrected chi connectivity index (χ0v) is 10.9. The molecule has 0 saturated heterocycles. The predicted molar refractivity (Wildman–Crippen MR) is 75.8 cm³/mol. The number of hydrogen-bond acceptors (Lipinski definition) is 6. The molecule has 0 fully saturated rings. The standard InChI is InChI=1S/C12H15N5O3/c1-7(13)2-3-14-10-5-9-8(4-11(10)17(19)20)12(18)16-6-15-9/h4-7,14H,2-3,13H2,1H3,(H,15,16,18). The van der Waals surface area contributed by atoms with Crippen LogP contribution in [0.4, 0.5) is 11.4 Å². The van der Waals surface area contributed by atoms with E-state index >= 15 is 0 Å². The highest BCUT2D eigenvalue weighted by Gasteiger charge is 2.16. The number of hydrogen-bond donors (Lipinski definition) is 3. The molecule has 4 N–H and O–H groups in total. The van der Waals surface area contributed by atoms with E-state index in [4.69, 9.17) is 5.73 Å². The molecular formula is C12H15N5O3. The molecule has 0 radical (unpaired) electrons. The summed E-state index contributed by atoms with van der Waals surface area (Å²) in [4.78, 5) is 28.6. The van der Waals surface area contributed by atoms with Crippen molar-refractivity contribution in [3.05, 3.63) is 38.9 Å². The zero-order chi connectivity index (χ0) is 14.7. The van der Waals surface area contributed by atoms with Gasteiger partial charge in [0.25, 0.3) is 11.2 Å². The molecule has 0 aliphatic carbocycles. The molecule has 2 rings (SSSR count). The predicted octanol–water partition coefficient (Wildman–Crippen LogP) is 0.980. The number of aromatic nitrogens is 2. The Labute approximate surface area is 114 Å². The number of nitro benzene ring substituents is 1. The van der Waals surface area contributed by atoms with Crippen molar-refractivity contribution in [2.24, 2.45) is 5.73 Å². The number of H-pyrrole nitrogens is 1. The van der Waals surface area contributed by atoms with Crippen LogP contribution >= 0.6 is 0 Å². The molecule has 1 atom stereocenters. The highest BCUT2D eigenvalue weighted by Crippen LogP contribution is 2.27. The topological polar surface area (TPSA) is 127 Å². The molecule has 8 heteroatoms. The van der Waals surface area contributed by atoms with Crippen LogP contribution in [0.3, 0.4) is 0 Å². The molecule has 1 heterocycles. The third-order valence-electron chi connectivity index (χ3n) is 2.87. The maximum atomic E-state index is 11.6. The Morgan fingerprint density at radius 2 is 2.30 bits per heavy atom. The lowest BCUT2D eigenvalue weighted by molar-refractivity contribution is -0.383. The number of rotatable bonds is 5. The van der Waals surface area contributed by atoms with Gasteiger partial charge in [0.05, 0.1) is 22.2 Å². The van der Waals surface area contributed by atoms with E-state index in [2.05, 4.69) is 15.3 Å². The smallest absolute Gasteiger partial charge is 0.293 e. The summed E-state index contributed by atoms with van der Waals surface area (Å²) in [5, 5.41) is 14.2. The number of fused-ring (bicyclic) bond motifs is 1. The molecule has 0 bridgehead atoms. The zero-order valence-electron chi connectivity index (χ0n) is 10.9. The summed E-state index contributed by atoms with van der Waals surface area (Å²) in [7, 11) is 0. The third kappa shape index (κ3) is 2.91. The highest BCUT2D eigenvalue weighted by molar-refractivity contribution is 5.86. The third-order valence-corrected chi connectivity index (χ3v) is 2.87. The highest BCUT2D eigenvalue weighted by atomic mass is 16.6. The number of nitrogens with one attached hydrogen (secondary N) is 2. The summed E-state index contributed by atoms with van der Waals surface area (Å²) >= 11 is 0. The van der Waals surface area contributed by atoms with E-state index in [0.717, 1.165) is 0 Å². The van der Waals surface area contributed by atoms with Crippen LogP contribution in [-0.2, 0) is 0 Å². The second kappa shape index (κ2) is 5.66. The minimum atomic E-state index is -0.528. The van der Waals surface area contributed by atoms with E-state index in [1.807, 2.05) is 6.92 Å². The average molecular weight is 277 g/mol. The largest absolute Gasteiger partial charge is 0.379 e. The molecule has 20 heavy (non-hydrogen) atoms. The van der Waals surface area contributed by atoms with E-state index in [-0.39, 0.29) is 17.1 Å². The monoisotopic (exact) mass is 277 g/mol. The van der Waals surface area contributed by atoms with Crippen molar-refractivity contribution in [1.29, 1.82) is 0 Å². The first-order chi connectivity index (χ1) is 9.49. The van der Waals surface area contributed by atoms with Gasteiger partial charge in [-0.25, -0.2) is 4.98 Å². The number of anilines is 1. The molecule has 1 aromatic carbocycles. The number of aromatic amines is 1. The number of nitrogens with zero attached hydrogens (tertiary/aromatic N) is 2. The fraction of sp³-hybridized carbons (Fsp3) is 0.333. The van der Waals surface area contributed by atoms with E-state index in [0.29, 0.717) is 24.2 Å². The molecule has 106 valence electrons. The van der Waals surface area contributed by atoms with Crippen LogP contribution in [-0.4, -0.2) is 27.5 Å². The van der Waals surface area contributed by atoms with Crippen LogP contribution < -0.4 is 16.6 Å². The number of nitro groups is 1. The van der Waals surface area contributed by atoms with Gasteiger partial charge in [0.1, 0.15) is 5.69 Å². The van der Waals surface area contributed by atoms with Gasteiger partial charge in [-0.1, -0.05) is 0 Å². The second-order valence-corrected chi connectivity index (χ2v) is 4.57. The molecule has 0 saturated carbocycles. The van der Waals surface area contributed by atoms with Crippen molar-refractivity contribution in [3.8, 4) is 0 Å². The molecule has 2 aromatic rings. The van der Waals surface area contributed by atoms with Crippen molar-refractivity contribution in [3.63, 3.8) is 0 Å². The Hall–Kier alpha value is -2.48. The maximum absolute atomic E-state index is 11.6. The van der Waals surface area contributed by atoms with Crippen LogP contribution in [0.25, 0.3) is 10.9 Å². The SMILES string of the molecule is CC(N)CCNc1cc2nc[nH]c(=O)c2cc1[N+](=O)[O-]. The lowest BCUT2D eigenvalue weighted by Crippen LogP contribution is -2.19. The summed E-state index contributed by atoms with van der Waals surface area (Å²) in [6.07, 6.45) is 1.94. The van der Waals surface area contributed by atoms with E-state index < -0.39 is 10.5 Å². The molecular weight excluding hydrogens is 262 g/mol. The first-order valence-corrected chi connectivity index (χ1v) is 6.14. The van der Waals surface area contributed by atoms with Crippen molar-refractivity contribution < 1.29 is 4.92 Å². The molecule has 1 aromatic heterocycles. The van der Waals surface area contributed by atoms with Gasteiger partial charge in [0, 0.05) is 18.7 Å². The Morgan fingerprint density at radius 1 is 1.55 bits per heavy atom. The fourth-order valence-electron chi connectivity index (χ4n) is 1.83. The number of nitrogens with two attached hydrogens (primary N) is 1. The van der Waals surface area contributed by atoms with E-state index in [9.17, 15) is 14.9 Å². The molecule has 0 amide bonds. The first-order valence-electron chi connectivity index (χ1n) is 6.14. The lowest BCUT2D eigenvalue weighted by atomic mass is 10.2. The van der Waals surface area contributed by atoms with E-state index in [1.165, 1.54) is 18.5 Å². The lowest BCUT2D eigenvalue weighted by Gasteiger charge is -2.09. The van der Waals surface area contributed by atoms with E-state index in [1.54, 1.807) is 0 Å². The summed E-state index contributed by atoms with van der Waals surface area (Å²) in [5.41, 5.74) is 5.82. The number of benzene rings is 1. The van der Waals surface area contributed by atoms with Crippen LogP contribution in [0.5, 0.6) is 0 Å². The van der Waals surface area contributed by atoms with Gasteiger partial charge in [-0.05, 0) is 19.4 Å². The Kier molecular flexibility index (Phi) is 3.94. The summed E-state index contributed by atoms with van der Waals surface area (Å²) in [6.45, 7) is 2.37. The van der Waals surface area contributed by atoms with Gasteiger partial charge in [-0.2, -0.15) is 0 Å². The normalized spacial score (nSPS) is 12.3. The molecule has 8 nitrogen and oxygen atoms in total. The summed E-state index contributed by atoms with van der Waals surface area (Å²) < 4.78 is 0. The van der Waals surface area contributed by atoms with Crippen molar-refractivity contribution >= 4 is 22.3 Å². The molecule has 1 unspecified atom stereocenters. The Bertz CT molecular complexity index is 695. The van der Waals surface area contributed by atoms with Crippen molar-refractivity contribution in [1.82, 2.24) is 9.97 Å². The fourth-order valence-corrected chi connectivity index (χ4v) is 1.83. The van der Waals surface area contributed by atoms with Gasteiger partial charge in [-0.15, -0.1) is 0 Å². The van der Waals surface area contributed by atoms with Crippen LogP contribution in [0, 0.1) is 10.1 Å². The Balaban J connectivity index is 2.44. The van der Waals surface area contributed by atoms with Gasteiger partial charge >= 0.3 is 0 Å². The summed E-state index contributed by atoms with van der Waals surface area (Å²) in [5.74, 6) is 0. The minimum absolute atomic E-state index is 0.00276. The molecule has 0 spiro atoms. The van der Waals surface area contributed by atoms with Crippen molar-refractivity contribution in [2.75, 3.05) is 11.9 Å². The minimum Gasteiger partial charge on any atom is -0.379 e. The van der Waals surface area contributed by atoms with Crippen molar-refractivity contribution in [2.45, 2.75) is 19.4 Å².